The van der Waals surface area contributed by atoms with Gasteiger partial charge in [0.1, 0.15) is 0 Å². The molecule has 2 rings (SSSR count). The molecule has 0 unspecified atom stereocenters. The van der Waals surface area contributed by atoms with E-state index in [0.29, 0.717) is 12.5 Å². The van der Waals surface area contributed by atoms with Crippen LogP contribution in [0.1, 0.15) is 13.3 Å². The first-order chi connectivity index (χ1) is 8.72. The molecular formula is C13H18N4O. The van der Waals surface area contributed by atoms with Crippen molar-refractivity contribution >= 4 is 22.9 Å². The first kappa shape index (κ1) is 12.4. The smallest absolute Gasteiger partial charge is 0.239 e. The second-order valence-corrected chi connectivity index (χ2v) is 4.19. The van der Waals surface area contributed by atoms with Gasteiger partial charge in [-0.1, -0.05) is 19.1 Å². The molecule has 96 valence electrons. The van der Waals surface area contributed by atoms with E-state index in [1.807, 2.05) is 42.8 Å². The van der Waals surface area contributed by atoms with Crippen molar-refractivity contribution in [2.45, 2.75) is 13.3 Å². The number of amides is 1. The van der Waals surface area contributed by atoms with Crippen molar-refractivity contribution in [3.8, 4) is 0 Å². The number of nitrogens with one attached hydrogen (secondary N) is 2. The Morgan fingerprint density at radius 3 is 2.89 bits per heavy atom. The molecule has 0 atom stereocenters. The van der Waals surface area contributed by atoms with Gasteiger partial charge in [-0.2, -0.15) is 0 Å². The molecule has 1 amide bonds. The van der Waals surface area contributed by atoms with Gasteiger partial charge in [-0.05, 0) is 18.6 Å². The predicted octanol–water partition coefficient (Wildman–Crippen LogP) is 1.51. The lowest BCUT2D eigenvalue weighted by molar-refractivity contribution is -0.119. The lowest BCUT2D eigenvalue weighted by atomic mass is 10.3. The number of carbonyl (C=O) groups is 1. The topological polar surface area (TPSA) is 59.0 Å². The number of carbonyl (C=O) groups excluding carboxylic acids is 1. The highest BCUT2D eigenvalue weighted by Crippen LogP contribution is 2.16. The number of aromatic nitrogens is 2. The normalized spacial score (nSPS) is 10.6. The second-order valence-electron chi connectivity index (χ2n) is 4.19. The molecule has 1 heterocycles. The molecule has 18 heavy (non-hydrogen) atoms. The van der Waals surface area contributed by atoms with Crippen LogP contribution in [0.5, 0.6) is 0 Å². The van der Waals surface area contributed by atoms with Gasteiger partial charge in [0, 0.05) is 13.6 Å². The summed E-state index contributed by atoms with van der Waals surface area (Å²) in [5, 5.41) is 5.87. The Bertz CT molecular complexity index is 547. The van der Waals surface area contributed by atoms with Gasteiger partial charge in [-0.3, -0.25) is 4.79 Å². The van der Waals surface area contributed by atoms with E-state index in [0.717, 1.165) is 17.5 Å². The fourth-order valence-corrected chi connectivity index (χ4v) is 1.79. The number of nitrogens with zero attached hydrogens (tertiary/aromatic N) is 2. The molecule has 0 aliphatic carbocycles. The molecule has 5 nitrogen and oxygen atoms in total. The fraction of sp³-hybridized carbons (Fsp3) is 0.385. The lowest BCUT2D eigenvalue weighted by Crippen LogP contribution is -2.30. The molecular weight excluding hydrogens is 228 g/mol. The minimum atomic E-state index is -0.0103. The first-order valence-electron chi connectivity index (χ1n) is 6.14. The highest BCUT2D eigenvalue weighted by molar-refractivity contribution is 5.82. The number of aryl methyl sites for hydroxylation is 1. The average molecular weight is 246 g/mol. The third kappa shape index (κ3) is 2.61. The number of benzene rings is 1. The molecule has 0 fully saturated rings. The maximum Gasteiger partial charge on any atom is 0.239 e. The van der Waals surface area contributed by atoms with E-state index in [-0.39, 0.29) is 12.5 Å². The Hall–Kier alpha value is -2.04. The van der Waals surface area contributed by atoms with E-state index in [1.165, 1.54) is 0 Å². The van der Waals surface area contributed by atoms with Crippen LogP contribution < -0.4 is 10.6 Å². The summed E-state index contributed by atoms with van der Waals surface area (Å²) in [7, 11) is 1.93. The lowest BCUT2D eigenvalue weighted by Gasteiger charge is -2.06. The van der Waals surface area contributed by atoms with E-state index >= 15 is 0 Å². The quantitative estimate of drug-likeness (QED) is 0.840. The minimum absolute atomic E-state index is 0.0103. The van der Waals surface area contributed by atoms with Gasteiger partial charge < -0.3 is 15.2 Å². The molecule has 0 saturated carbocycles. The number of imidazole rings is 1. The van der Waals surface area contributed by atoms with E-state index in [2.05, 4.69) is 15.6 Å². The van der Waals surface area contributed by atoms with Crippen LogP contribution in [0.3, 0.4) is 0 Å². The van der Waals surface area contributed by atoms with Crippen molar-refractivity contribution in [2.24, 2.45) is 7.05 Å². The Kier molecular flexibility index (Phi) is 3.82. The number of rotatable bonds is 5. The van der Waals surface area contributed by atoms with Gasteiger partial charge in [0.15, 0.2) is 0 Å². The Labute approximate surface area is 106 Å². The van der Waals surface area contributed by atoms with Crippen LogP contribution in [0, 0.1) is 0 Å². The van der Waals surface area contributed by atoms with Gasteiger partial charge in [0.05, 0.1) is 17.6 Å². The molecule has 1 aromatic carbocycles. The number of para-hydroxylation sites is 2. The van der Waals surface area contributed by atoms with Crippen LogP contribution in [-0.2, 0) is 11.8 Å². The summed E-state index contributed by atoms with van der Waals surface area (Å²) in [6.07, 6.45) is 0.942. The maximum atomic E-state index is 11.5. The molecule has 2 aromatic rings. The van der Waals surface area contributed by atoms with E-state index in [1.54, 1.807) is 0 Å². The van der Waals surface area contributed by atoms with Crippen molar-refractivity contribution in [3.05, 3.63) is 24.3 Å². The van der Waals surface area contributed by atoms with Crippen molar-refractivity contribution in [1.82, 2.24) is 14.9 Å². The standard InChI is InChI=1S/C13H18N4O/c1-3-8-14-12(18)9-15-13-16-10-6-4-5-7-11(10)17(13)2/h4-7H,3,8-9H2,1-2H3,(H,14,18)(H,15,16). The SMILES string of the molecule is CCCNC(=O)CNc1nc2ccccc2n1C. The van der Waals surface area contributed by atoms with E-state index < -0.39 is 0 Å². The summed E-state index contributed by atoms with van der Waals surface area (Å²) in [4.78, 5) is 15.9. The zero-order valence-electron chi connectivity index (χ0n) is 10.7. The molecule has 2 N–H and O–H groups in total. The molecule has 0 aliphatic rings. The van der Waals surface area contributed by atoms with Gasteiger partial charge in [-0.25, -0.2) is 4.98 Å². The number of fused-ring (bicyclic) bond motifs is 1. The van der Waals surface area contributed by atoms with Crippen molar-refractivity contribution in [2.75, 3.05) is 18.4 Å². The fourth-order valence-electron chi connectivity index (χ4n) is 1.79. The van der Waals surface area contributed by atoms with Crippen molar-refractivity contribution in [3.63, 3.8) is 0 Å². The van der Waals surface area contributed by atoms with Crippen LogP contribution in [0.15, 0.2) is 24.3 Å². The molecule has 0 aliphatic heterocycles. The van der Waals surface area contributed by atoms with Gasteiger partial charge in [-0.15, -0.1) is 0 Å². The molecule has 0 radical (unpaired) electrons. The minimum Gasteiger partial charge on any atom is -0.355 e. The van der Waals surface area contributed by atoms with Crippen LogP contribution >= 0.6 is 0 Å². The second kappa shape index (κ2) is 5.53. The molecule has 1 aromatic heterocycles. The number of anilines is 1. The zero-order chi connectivity index (χ0) is 13.0. The summed E-state index contributed by atoms with van der Waals surface area (Å²) in [5.74, 6) is 0.701. The van der Waals surface area contributed by atoms with Crippen LogP contribution in [0.25, 0.3) is 11.0 Å². The average Bonchev–Trinajstić information content (AvgIpc) is 2.71. The Morgan fingerprint density at radius 2 is 2.17 bits per heavy atom. The van der Waals surface area contributed by atoms with Crippen LogP contribution in [0.2, 0.25) is 0 Å². The van der Waals surface area contributed by atoms with E-state index in [4.69, 9.17) is 0 Å². The third-order valence-corrected chi connectivity index (χ3v) is 2.77. The number of hydrogen-bond donors (Lipinski definition) is 2. The summed E-state index contributed by atoms with van der Waals surface area (Å²) >= 11 is 0. The highest BCUT2D eigenvalue weighted by Gasteiger charge is 2.07. The van der Waals surface area contributed by atoms with Crippen LogP contribution in [0.4, 0.5) is 5.95 Å². The predicted molar refractivity (Wildman–Crippen MR) is 72.5 cm³/mol. The monoisotopic (exact) mass is 246 g/mol. The van der Waals surface area contributed by atoms with Gasteiger partial charge in [0.2, 0.25) is 11.9 Å². The molecule has 0 saturated heterocycles. The zero-order valence-corrected chi connectivity index (χ0v) is 10.7. The molecule has 0 spiro atoms. The largest absolute Gasteiger partial charge is 0.355 e. The van der Waals surface area contributed by atoms with E-state index in [9.17, 15) is 4.79 Å². The summed E-state index contributed by atoms with van der Waals surface area (Å²) in [6.45, 7) is 2.99. The number of hydrogen-bond acceptors (Lipinski definition) is 3. The Balaban J connectivity index is 2.03. The highest BCUT2D eigenvalue weighted by atomic mass is 16.1. The van der Waals surface area contributed by atoms with Crippen LogP contribution in [-0.4, -0.2) is 28.5 Å². The summed E-state index contributed by atoms with van der Waals surface area (Å²) in [5.41, 5.74) is 1.98. The van der Waals surface area contributed by atoms with Crippen molar-refractivity contribution < 1.29 is 4.79 Å². The third-order valence-electron chi connectivity index (χ3n) is 2.77. The molecule has 0 bridgehead atoms. The summed E-state index contributed by atoms with van der Waals surface area (Å²) in [6, 6.07) is 7.89. The summed E-state index contributed by atoms with van der Waals surface area (Å²) < 4.78 is 1.95. The first-order valence-corrected chi connectivity index (χ1v) is 6.14. The van der Waals surface area contributed by atoms with Gasteiger partial charge in [0.25, 0.3) is 0 Å². The maximum absolute atomic E-state index is 11.5. The van der Waals surface area contributed by atoms with Crippen molar-refractivity contribution in [1.29, 1.82) is 0 Å². The Morgan fingerprint density at radius 1 is 1.39 bits per heavy atom. The molecule has 5 heteroatoms. The van der Waals surface area contributed by atoms with Gasteiger partial charge >= 0.3 is 0 Å².